The molecule has 0 radical (unpaired) electrons. The Labute approximate surface area is 110 Å². The molecule has 0 aromatic carbocycles. The first-order chi connectivity index (χ1) is 8.65. The molecule has 0 saturated carbocycles. The Bertz CT molecular complexity index is 419. The molecule has 6 heteroatoms. The van der Waals surface area contributed by atoms with Crippen molar-refractivity contribution in [2.75, 3.05) is 20.1 Å². The fourth-order valence-corrected chi connectivity index (χ4v) is 2.51. The summed E-state index contributed by atoms with van der Waals surface area (Å²) >= 11 is 1.57. The molecule has 1 atom stereocenters. The van der Waals surface area contributed by atoms with Gasteiger partial charge in [-0.15, -0.1) is 11.3 Å². The Kier molecular flexibility index (Phi) is 4.19. The number of nitrogens with one attached hydrogen (secondary N) is 1. The third-order valence-electron chi connectivity index (χ3n) is 2.76. The van der Waals surface area contributed by atoms with E-state index in [1.165, 1.54) is 4.90 Å². The largest absolute Gasteiger partial charge is 0.444 e. The van der Waals surface area contributed by atoms with E-state index < -0.39 is 0 Å². The lowest BCUT2D eigenvalue weighted by Crippen LogP contribution is -2.29. The monoisotopic (exact) mass is 268 g/mol. The van der Waals surface area contributed by atoms with Gasteiger partial charge >= 0.3 is 6.09 Å². The molecular formula is C12H16N2O3S. The van der Waals surface area contributed by atoms with E-state index in [4.69, 9.17) is 4.74 Å². The van der Waals surface area contributed by atoms with Gasteiger partial charge in [-0.05, 0) is 11.4 Å². The molecule has 1 aliphatic rings. The molecule has 2 rings (SSSR count). The van der Waals surface area contributed by atoms with Crippen molar-refractivity contribution in [3.05, 3.63) is 22.4 Å². The van der Waals surface area contributed by atoms with Gasteiger partial charge in [0.05, 0.1) is 13.0 Å². The maximum atomic E-state index is 11.6. The van der Waals surface area contributed by atoms with Crippen molar-refractivity contribution in [1.82, 2.24) is 10.2 Å². The third-order valence-corrected chi connectivity index (χ3v) is 3.64. The Balaban J connectivity index is 1.64. The summed E-state index contributed by atoms with van der Waals surface area (Å²) in [5.41, 5.74) is 0. The minimum absolute atomic E-state index is 0.00938. The van der Waals surface area contributed by atoms with Crippen LogP contribution in [-0.4, -0.2) is 43.1 Å². The molecule has 0 spiro atoms. The molecule has 1 aromatic heterocycles. The topological polar surface area (TPSA) is 58.6 Å². The number of rotatable bonds is 5. The number of thiophene rings is 1. The summed E-state index contributed by atoms with van der Waals surface area (Å²) in [4.78, 5) is 25.3. The zero-order chi connectivity index (χ0) is 13.0. The predicted octanol–water partition coefficient (Wildman–Crippen LogP) is 1.25. The Hall–Kier alpha value is -1.56. The van der Waals surface area contributed by atoms with Crippen molar-refractivity contribution in [3.63, 3.8) is 0 Å². The highest BCUT2D eigenvalue weighted by Gasteiger charge is 2.27. The Morgan fingerprint density at radius 3 is 3.11 bits per heavy atom. The highest BCUT2D eigenvalue weighted by molar-refractivity contribution is 7.10. The van der Waals surface area contributed by atoms with Crippen molar-refractivity contribution < 1.29 is 14.3 Å². The van der Waals surface area contributed by atoms with E-state index in [0.29, 0.717) is 25.9 Å². The minimum Gasteiger partial charge on any atom is -0.444 e. The summed E-state index contributed by atoms with van der Waals surface area (Å²) in [6.45, 7) is 1.13. The number of carbonyl (C=O) groups is 2. The lowest BCUT2D eigenvalue weighted by Gasteiger charge is -2.08. The number of nitrogens with zero attached hydrogens (tertiary/aromatic N) is 1. The van der Waals surface area contributed by atoms with Crippen LogP contribution >= 0.6 is 11.3 Å². The normalized spacial score (nSPS) is 18.8. The summed E-state index contributed by atoms with van der Waals surface area (Å²) in [5, 5.41) is 4.79. The average Bonchev–Trinajstić information content (AvgIpc) is 2.90. The van der Waals surface area contributed by atoms with Crippen molar-refractivity contribution in [1.29, 1.82) is 0 Å². The van der Waals surface area contributed by atoms with Gasteiger partial charge in [0.25, 0.3) is 0 Å². The molecule has 1 unspecified atom stereocenters. The van der Waals surface area contributed by atoms with E-state index in [0.717, 1.165) is 4.88 Å². The standard InChI is InChI=1S/C12H16N2O3S/c1-14-8-9(17-12(14)16)4-5-13-11(15)7-10-3-2-6-18-10/h2-3,6,9H,4-5,7-8H2,1H3,(H,13,15). The summed E-state index contributed by atoms with van der Waals surface area (Å²) in [7, 11) is 1.71. The van der Waals surface area contributed by atoms with Crippen LogP contribution in [0.4, 0.5) is 4.79 Å². The second-order valence-electron chi connectivity index (χ2n) is 4.28. The number of amides is 2. The molecule has 2 amide bonds. The van der Waals surface area contributed by atoms with E-state index >= 15 is 0 Å². The first-order valence-corrected chi connectivity index (χ1v) is 6.74. The molecule has 5 nitrogen and oxygen atoms in total. The van der Waals surface area contributed by atoms with Gasteiger partial charge < -0.3 is 15.0 Å². The third kappa shape index (κ3) is 3.46. The number of cyclic esters (lactones) is 1. The van der Waals surface area contributed by atoms with E-state index in [9.17, 15) is 9.59 Å². The van der Waals surface area contributed by atoms with Gasteiger partial charge in [0.15, 0.2) is 0 Å². The van der Waals surface area contributed by atoms with E-state index in [1.54, 1.807) is 18.4 Å². The second kappa shape index (κ2) is 5.86. The van der Waals surface area contributed by atoms with Crippen LogP contribution in [-0.2, 0) is 16.0 Å². The van der Waals surface area contributed by atoms with Crippen LogP contribution in [0.1, 0.15) is 11.3 Å². The number of hydrogen-bond acceptors (Lipinski definition) is 4. The fraction of sp³-hybridized carbons (Fsp3) is 0.500. The summed E-state index contributed by atoms with van der Waals surface area (Å²) in [5.74, 6) is 0.00938. The van der Waals surface area contributed by atoms with Crippen LogP contribution in [0.5, 0.6) is 0 Å². The van der Waals surface area contributed by atoms with Gasteiger partial charge in [-0.1, -0.05) is 6.07 Å². The van der Waals surface area contributed by atoms with Gasteiger partial charge in [0.2, 0.25) is 5.91 Å². The van der Waals surface area contributed by atoms with Crippen LogP contribution in [0, 0.1) is 0 Å². The number of likely N-dealkylation sites (N-methyl/N-ethyl adjacent to an activating group) is 1. The molecular weight excluding hydrogens is 252 g/mol. The van der Waals surface area contributed by atoms with Crippen molar-refractivity contribution in [2.24, 2.45) is 0 Å². The molecule has 1 aliphatic heterocycles. The van der Waals surface area contributed by atoms with Crippen LogP contribution < -0.4 is 5.32 Å². The Morgan fingerprint density at radius 1 is 1.67 bits per heavy atom. The van der Waals surface area contributed by atoms with Crippen LogP contribution in [0.15, 0.2) is 17.5 Å². The molecule has 1 fully saturated rings. The second-order valence-corrected chi connectivity index (χ2v) is 5.31. The maximum Gasteiger partial charge on any atom is 0.409 e. The summed E-state index contributed by atoms with van der Waals surface area (Å²) in [6, 6.07) is 3.87. The zero-order valence-electron chi connectivity index (χ0n) is 10.2. The number of hydrogen-bond donors (Lipinski definition) is 1. The average molecular weight is 268 g/mol. The highest BCUT2D eigenvalue weighted by Crippen LogP contribution is 2.11. The molecule has 98 valence electrons. The smallest absolute Gasteiger partial charge is 0.409 e. The Morgan fingerprint density at radius 2 is 2.50 bits per heavy atom. The van der Waals surface area contributed by atoms with Gasteiger partial charge in [-0.2, -0.15) is 0 Å². The molecule has 2 heterocycles. The number of carbonyl (C=O) groups excluding carboxylic acids is 2. The van der Waals surface area contributed by atoms with Crippen molar-refractivity contribution in [2.45, 2.75) is 18.9 Å². The van der Waals surface area contributed by atoms with E-state index in [2.05, 4.69) is 5.32 Å². The first kappa shape index (κ1) is 12.9. The van der Waals surface area contributed by atoms with Gasteiger partial charge in [0, 0.05) is 24.9 Å². The molecule has 0 bridgehead atoms. The van der Waals surface area contributed by atoms with Crippen LogP contribution in [0.3, 0.4) is 0 Å². The SMILES string of the molecule is CN1CC(CCNC(=O)Cc2cccs2)OC1=O. The minimum atomic E-state index is -0.287. The predicted molar refractivity (Wildman–Crippen MR) is 68.5 cm³/mol. The zero-order valence-corrected chi connectivity index (χ0v) is 11.0. The van der Waals surface area contributed by atoms with Crippen LogP contribution in [0.25, 0.3) is 0 Å². The molecule has 1 N–H and O–H groups in total. The highest BCUT2D eigenvalue weighted by atomic mass is 32.1. The van der Waals surface area contributed by atoms with Gasteiger partial charge in [-0.3, -0.25) is 4.79 Å². The molecule has 1 aromatic rings. The molecule has 1 saturated heterocycles. The molecule has 0 aliphatic carbocycles. The van der Waals surface area contributed by atoms with Crippen LogP contribution in [0.2, 0.25) is 0 Å². The van der Waals surface area contributed by atoms with Crippen molar-refractivity contribution >= 4 is 23.3 Å². The first-order valence-electron chi connectivity index (χ1n) is 5.86. The quantitative estimate of drug-likeness (QED) is 0.874. The van der Waals surface area contributed by atoms with E-state index in [1.807, 2.05) is 17.5 Å². The van der Waals surface area contributed by atoms with E-state index in [-0.39, 0.29) is 18.1 Å². The lowest BCUT2D eigenvalue weighted by molar-refractivity contribution is -0.120. The van der Waals surface area contributed by atoms with Crippen molar-refractivity contribution in [3.8, 4) is 0 Å². The summed E-state index contributed by atoms with van der Waals surface area (Å²) < 4.78 is 5.10. The number of ether oxygens (including phenoxy) is 1. The summed E-state index contributed by atoms with van der Waals surface area (Å²) in [6.07, 6.45) is 0.684. The lowest BCUT2D eigenvalue weighted by atomic mass is 10.2. The van der Waals surface area contributed by atoms with Gasteiger partial charge in [-0.25, -0.2) is 4.79 Å². The fourth-order valence-electron chi connectivity index (χ4n) is 1.81. The molecule has 18 heavy (non-hydrogen) atoms. The maximum absolute atomic E-state index is 11.6. The van der Waals surface area contributed by atoms with Gasteiger partial charge in [0.1, 0.15) is 6.10 Å².